The molecule has 0 aromatic heterocycles. The van der Waals surface area contributed by atoms with E-state index in [1.54, 1.807) is 0 Å². The molecule has 6 heteroatoms. The molecular formula is C15H20ClIN2O2. The zero-order chi connectivity index (χ0) is 13.9. The number of rotatable bonds is 3. The first-order valence-electron chi connectivity index (χ1n) is 7.15. The summed E-state index contributed by atoms with van der Waals surface area (Å²) in [7, 11) is 0. The SMILES string of the molecule is Cl.O=C(C1CNC1)N1CCC(Oc2ccccc2I)CC1. The van der Waals surface area contributed by atoms with Gasteiger partial charge in [0, 0.05) is 39.0 Å². The number of amides is 1. The molecule has 1 aromatic carbocycles. The Bertz CT molecular complexity index is 488. The van der Waals surface area contributed by atoms with Gasteiger partial charge in [-0.15, -0.1) is 12.4 Å². The van der Waals surface area contributed by atoms with Crippen LogP contribution >= 0.6 is 35.0 Å². The number of halogens is 2. The second kappa shape index (κ2) is 7.65. The van der Waals surface area contributed by atoms with Crippen molar-refractivity contribution >= 4 is 40.9 Å². The van der Waals surface area contributed by atoms with Crippen LogP contribution in [-0.4, -0.2) is 43.1 Å². The zero-order valence-electron chi connectivity index (χ0n) is 11.8. The molecule has 0 saturated carbocycles. The second-order valence-corrected chi connectivity index (χ2v) is 6.59. The monoisotopic (exact) mass is 422 g/mol. The Morgan fingerprint density at radius 1 is 1.24 bits per heavy atom. The number of nitrogens with zero attached hydrogens (tertiary/aromatic N) is 1. The highest BCUT2D eigenvalue weighted by atomic mass is 127. The van der Waals surface area contributed by atoms with E-state index in [4.69, 9.17) is 4.74 Å². The molecule has 0 unspecified atom stereocenters. The van der Waals surface area contributed by atoms with Crippen molar-refractivity contribution < 1.29 is 9.53 Å². The molecule has 1 amide bonds. The molecule has 3 rings (SSSR count). The predicted octanol–water partition coefficient (Wildman–Crippen LogP) is 2.30. The van der Waals surface area contributed by atoms with E-state index >= 15 is 0 Å². The lowest BCUT2D eigenvalue weighted by atomic mass is 9.99. The lowest BCUT2D eigenvalue weighted by Crippen LogP contribution is -2.54. The molecule has 2 aliphatic heterocycles. The maximum atomic E-state index is 12.1. The molecule has 21 heavy (non-hydrogen) atoms. The Morgan fingerprint density at radius 3 is 2.48 bits per heavy atom. The van der Waals surface area contributed by atoms with Gasteiger partial charge in [0.1, 0.15) is 11.9 Å². The Balaban J connectivity index is 0.00000161. The predicted molar refractivity (Wildman–Crippen MR) is 93.0 cm³/mol. The smallest absolute Gasteiger partial charge is 0.228 e. The minimum Gasteiger partial charge on any atom is -0.489 e. The zero-order valence-corrected chi connectivity index (χ0v) is 14.7. The van der Waals surface area contributed by atoms with Crippen molar-refractivity contribution in [1.29, 1.82) is 0 Å². The van der Waals surface area contributed by atoms with Gasteiger partial charge in [-0.05, 0) is 34.7 Å². The third-order valence-electron chi connectivity index (χ3n) is 4.01. The van der Waals surface area contributed by atoms with E-state index < -0.39 is 0 Å². The first-order valence-corrected chi connectivity index (χ1v) is 8.22. The highest BCUT2D eigenvalue weighted by molar-refractivity contribution is 14.1. The number of ether oxygens (including phenoxy) is 1. The summed E-state index contributed by atoms with van der Waals surface area (Å²) in [5.74, 6) is 1.49. The normalized spacial score (nSPS) is 19.6. The van der Waals surface area contributed by atoms with Crippen LogP contribution in [-0.2, 0) is 4.79 Å². The van der Waals surface area contributed by atoms with Gasteiger partial charge in [0.25, 0.3) is 0 Å². The van der Waals surface area contributed by atoms with Crippen molar-refractivity contribution in [3.8, 4) is 5.75 Å². The number of hydrogen-bond donors (Lipinski definition) is 1. The number of likely N-dealkylation sites (tertiary alicyclic amines) is 1. The van der Waals surface area contributed by atoms with Crippen LogP contribution in [0.15, 0.2) is 24.3 Å². The number of carbonyl (C=O) groups excluding carboxylic acids is 1. The third kappa shape index (κ3) is 4.02. The number of hydrogen-bond acceptors (Lipinski definition) is 3. The molecule has 2 saturated heterocycles. The van der Waals surface area contributed by atoms with Gasteiger partial charge in [-0.25, -0.2) is 0 Å². The van der Waals surface area contributed by atoms with Gasteiger partial charge in [0.2, 0.25) is 5.91 Å². The Hall–Kier alpha value is -0.530. The molecule has 116 valence electrons. The van der Waals surface area contributed by atoms with Crippen molar-refractivity contribution in [2.45, 2.75) is 18.9 Å². The van der Waals surface area contributed by atoms with E-state index in [2.05, 4.69) is 34.0 Å². The maximum Gasteiger partial charge on any atom is 0.228 e. The van der Waals surface area contributed by atoms with E-state index in [1.165, 1.54) is 0 Å². The van der Waals surface area contributed by atoms with E-state index in [1.807, 2.05) is 23.1 Å². The maximum absolute atomic E-state index is 12.1. The van der Waals surface area contributed by atoms with Gasteiger partial charge >= 0.3 is 0 Å². The third-order valence-corrected chi connectivity index (χ3v) is 4.91. The van der Waals surface area contributed by atoms with Crippen LogP contribution in [0.2, 0.25) is 0 Å². The topological polar surface area (TPSA) is 41.6 Å². The summed E-state index contributed by atoms with van der Waals surface area (Å²) in [6, 6.07) is 8.08. The molecule has 1 aromatic rings. The van der Waals surface area contributed by atoms with Crippen LogP contribution in [0.3, 0.4) is 0 Å². The fourth-order valence-corrected chi connectivity index (χ4v) is 3.15. The molecule has 4 nitrogen and oxygen atoms in total. The van der Waals surface area contributed by atoms with Crippen LogP contribution in [0, 0.1) is 9.49 Å². The van der Waals surface area contributed by atoms with E-state index in [0.29, 0.717) is 5.91 Å². The van der Waals surface area contributed by atoms with Crippen LogP contribution in [0.1, 0.15) is 12.8 Å². The summed E-state index contributed by atoms with van der Waals surface area (Å²) >= 11 is 2.30. The molecule has 0 bridgehead atoms. The van der Waals surface area contributed by atoms with Crippen molar-refractivity contribution in [3.63, 3.8) is 0 Å². The molecule has 2 aliphatic rings. The van der Waals surface area contributed by atoms with E-state index in [-0.39, 0.29) is 24.4 Å². The first-order chi connectivity index (χ1) is 9.74. The van der Waals surface area contributed by atoms with Crippen molar-refractivity contribution in [2.24, 2.45) is 5.92 Å². The number of piperidine rings is 1. The van der Waals surface area contributed by atoms with Crippen LogP contribution in [0.4, 0.5) is 0 Å². The minimum atomic E-state index is 0. The Morgan fingerprint density at radius 2 is 1.90 bits per heavy atom. The molecule has 2 fully saturated rings. The van der Waals surface area contributed by atoms with Gasteiger partial charge < -0.3 is 15.0 Å². The van der Waals surface area contributed by atoms with Crippen molar-refractivity contribution in [3.05, 3.63) is 27.8 Å². The van der Waals surface area contributed by atoms with Gasteiger partial charge in [-0.3, -0.25) is 4.79 Å². The Labute approximate surface area is 145 Å². The molecule has 0 aliphatic carbocycles. The molecule has 1 N–H and O–H groups in total. The largest absolute Gasteiger partial charge is 0.489 e. The van der Waals surface area contributed by atoms with Crippen LogP contribution in [0.25, 0.3) is 0 Å². The first kappa shape index (κ1) is 16.8. The second-order valence-electron chi connectivity index (χ2n) is 5.43. The standard InChI is InChI=1S/C15H19IN2O2.ClH/c16-13-3-1-2-4-14(13)20-12-5-7-18(8-6-12)15(19)11-9-17-10-11;/h1-4,11-12,17H,5-10H2;1H. The van der Waals surface area contributed by atoms with Crippen LogP contribution < -0.4 is 10.1 Å². The quantitative estimate of drug-likeness (QED) is 0.760. The molecule has 0 atom stereocenters. The number of carbonyl (C=O) groups is 1. The fraction of sp³-hybridized carbons (Fsp3) is 0.533. The molecular weight excluding hydrogens is 403 g/mol. The number of para-hydroxylation sites is 1. The summed E-state index contributed by atoms with van der Waals surface area (Å²) in [6.07, 6.45) is 2.09. The minimum absolute atomic E-state index is 0. The highest BCUT2D eigenvalue weighted by Crippen LogP contribution is 2.24. The van der Waals surface area contributed by atoms with Crippen LogP contribution in [0.5, 0.6) is 5.75 Å². The highest BCUT2D eigenvalue weighted by Gasteiger charge is 2.32. The van der Waals surface area contributed by atoms with Crippen molar-refractivity contribution in [1.82, 2.24) is 10.2 Å². The van der Waals surface area contributed by atoms with Crippen molar-refractivity contribution in [2.75, 3.05) is 26.2 Å². The summed E-state index contributed by atoms with van der Waals surface area (Å²) in [5.41, 5.74) is 0. The van der Waals surface area contributed by atoms with Gasteiger partial charge in [-0.2, -0.15) is 0 Å². The van der Waals surface area contributed by atoms with Gasteiger partial charge in [-0.1, -0.05) is 12.1 Å². The lowest BCUT2D eigenvalue weighted by molar-refractivity contribution is -0.138. The average molecular weight is 423 g/mol. The molecule has 0 radical (unpaired) electrons. The average Bonchev–Trinajstić information content (AvgIpc) is 2.40. The fourth-order valence-electron chi connectivity index (χ4n) is 2.64. The number of nitrogens with one attached hydrogen (secondary N) is 1. The molecule has 0 spiro atoms. The van der Waals surface area contributed by atoms with Gasteiger partial charge in [0.15, 0.2) is 0 Å². The van der Waals surface area contributed by atoms with Gasteiger partial charge in [0.05, 0.1) is 9.49 Å². The summed E-state index contributed by atoms with van der Waals surface area (Å²) in [5, 5.41) is 3.16. The summed E-state index contributed by atoms with van der Waals surface area (Å²) < 4.78 is 7.20. The summed E-state index contributed by atoms with van der Waals surface area (Å²) in [4.78, 5) is 14.1. The van der Waals surface area contributed by atoms with E-state index in [0.717, 1.165) is 48.3 Å². The molecule has 2 heterocycles. The summed E-state index contributed by atoms with van der Waals surface area (Å²) in [6.45, 7) is 3.34. The Kier molecular flexibility index (Phi) is 6.13. The van der Waals surface area contributed by atoms with E-state index in [9.17, 15) is 4.79 Å². The number of benzene rings is 1. The lowest BCUT2D eigenvalue weighted by Gasteiger charge is -2.37.